The SMILES string of the molecule is COC(=O)COc1ccsc1-c1nsc2ccc(-n3c(=O)cc(C(F)(F)F)n(C)c3=O)cc12. The highest BCUT2D eigenvalue weighted by Crippen LogP contribution is 2.40. The number of methoxy groups -OCH3 is 1. The summed E-state index contributed by atoms with van der Waals surface area (Å²) in [7, 11) is 2.19. The molecule has 33 heavy (non-hydrogen) atoms. The molecule has 0 fully saturated rings. The normalized spacial score (nSPS) is 11.7. The Morgan fingerprint density at radius 3 is 2.64 bits per heavy atom. The van der Waals surface area contributed by atoms with Gasteiger partial charge >= 0.3 is 17.8 Å². The number of alkyl halides is 3. The van der Waals surface area contributed by atoms with E-state index in [1.165, 1.54) is 30.6 Å². The Morgan fingerprint density at radius 1 is 1.18 bits per heavy atom. The van der Waals surface area contributed by atoms with Crippen LogP contribution in [0, 0.1) is 0 Å². The molecule has 0 saturated heterocycles. The first-order chi connectivity index (χ1) is 15.6. The smallest absolute Gasteiger partial charge is 0.431 e. The number of fused-ring (bicyclic) bond motifs is 1. The van der Waals surface area contributed by atoms with Crippen LogP contribution in [0.15, 0.2) is 45.3 Å². The Bertz CT molecular complexity index is 1480. The molecule has 172 valence electrons. The van der Waals surface area contributed by atoms with Crippen molar-refractivity contribution in [3.05, 3.63) is 62.2 Å². The Kier molecular flexibility index (Phi) is 5.84. The molecular weight excluding hydrogens is 483 g/mol. The van der Waals surface area contributed by atoms with Crippen LogP contribution in [-0.4, -0.2) is 33.2 Å². The second-order valence-electron chi connectivity index (χ2n) is 6.73. The lowest BCUT2D eigenvalue weighted by atomic mass is 10.1. The Morgan fingerprint density at radius 2 is 1.94 bits per heavy atom. The number of rotatable bonds is 5. The Labute approximate surface area is 191 Å². The number of ether oxygens (including phenoxy) is 2. The van der Waals surface area contributed by atoms with E-state index in [9.17, 15) is 27.6 Å². The third-order valence-corrected chi connectivity index (χ3v) is 6.47. The van der Waals surface area contributed by atoms with Crippen molar-refractivity contribution in [1.29, 1.82) is 0 Å². The molecule has 0 aliphatic rings. The number of halogens is 3. The number of esters is 1. The minimum absolute atomic E-state index is 0.0943. The highest BCUT2D eigenvalue weighted by Gasteiger charge is 2.35. The van der Waals surface area contributed by atoms with Crippen LogP contribution < -0.4 is 16.0 Å². The van der Waals surface area contributed by atoms with E-state index in [4.69, 9.17) is 4.74 Å². The lowest BCUT2D eigenvalue weighted by Gasteiger charge is -2.14. The monoisotopic (exact) mass is 497 g/mol. The molecule has 0 amide bonds. The van der Waals surface area contributed by atoms with Gasteiger partial charge in [0.15, 0.2) is 6.61 Å². The zero-order valence-electron chi connectivity index (χ0n) is 17.0. The molecule has 13 heteroatoms. The summed E-state index contributed by atoms with van der Waals surface area (Å²) in [6, 6.07) is 6.64. The van der Waals surface area contributed by atoms with E-state index in [2.05, 4.69) is 9.11 Å². The first kappa shape index (κ1) is 22.7. The predicted molar refractivity (Wildman–Crippen MR) is 116 cm³/mol. The van der Waals surface area contributed by atoms with Gasteiger partial charge in [0.2, 0.25) is 0 Å². The predicted octanol–water partition coefficient (Wildman–Crippen LogP) is 3.45. The summed E-state index contributed by atoms with van der Waals surface area (Å²) in [4.78, 5) is 37.1. The first-order valence-corrected chi connectivity index (χ1v) is 10.8. The van der Waals surface area contributed by atoms with Gasteiger partial charge in [-0.25, -0.2) is 14.2 Å². The van der Waals surface area contributed by atoms with Crippen LogP contribution in [0.2, 0.25) is 0 Å². The van der Waals surface area contributed by atoms with Crippen LogP contribution in [-0.2, 0) is 22.8 Å². The van der Waals surface area contributed by atoms with Crippen LogP contribution in [0.3, 0.4) is 0 Å². The molecule has 0 aliphatic heterocycles. The van der Waals surface area contributed by atoms with E-state index >= 15 is 0 Å². The average Bonchev–Trinajstić information content (AvgIpc) is 3.39. The lowest BCUT2D eigenvalue weighted by Crippen LogP contribution is -2.40. The zero-order chi connectivity index (χ0) is 23.9. The molecule has 4 aromatic rings. The van der Waals surface area contributed by atoms with E-state index < -0.39 is 29.1 Å². The van der Waals surface area contributed by atoms with Crippen molar-refractivity contribution in [2.24, 2.45) is 7.05 Å². The summed E-state index contributed by atoms with van der Waals surface area (Å²) in [5.74, 6) is -0.166. The molecule has 3 aromatic heterocycles. The fourth-order valence-corrected chi connectivity index (χ4v) is 4.80. The van der Waals surface area contributed by atoms with Gasteiger partial charge in [0.05, 0.1) is 22.4 Å². The number of carbonyl (C=O) groups is 1. The van der Waals surface area contributed by atoms with Gasteiger partial charge in [-0.3, -0.25) is 9.36 Å². The van der Waals surface area contributed by atoms with Crippen molar-refractivity contribution in [2.75, 3.05) is 13.7 Å². The van der Waals surface area contributed by atoms with E-state index in [1.807, 2.05) is 0 Å². The van der Waals surface area contributed by atoms with Crippen molar-refractivity contribution in [3.8, 4) is 22.0 Å². The minimum Gasteiger partial charge on any atom is -0.480 e. The highest BCUT2D eigenvalue weighted by atomic mass is 32.1. The maximum absolute atomic E-state index is 13.1. The first-order valence-electron chi connectivity index (χ1n) is 9.19. The topological polar surface area (TPSA) is 92.4 Å². The number of carbonyl (C=O) groups excluding carboxylic acids is 1. The van der Waals surface area contributed by atoms with Gasteiger partial charge in [0, 0.05) is 18.5 Å². The van der Waals surface area contributed by atoms with Crippen molar-refractivity contribution in [2.45, 2.75) is 6.18 Å². The van der Waals surface area contributed by atoms with Crippen LogP contribution >= 0.6 is 22.9 Å². The molecule has 0 atom stereocenters. The van der Waals surface area contributed by atoms with Gasteiger partial charge < -0.3 is 9.47 Å². The number of aromatic nitrogens is 3. The fourth-order valence-electron chi connectivity index (χ4n) is 3.14. The molecule has 4 rings (SSSR count). The van der Waals surface area contributed by atoms with Gasteiger partial charge in [-0.1, -0.05) is 0 Å². The number of benzene rings is 1. The van der Waals surface area contributed by atoms with Gasteiger partial charge in [0.1, 0.15) is 17.1 Å². The minimum atomic E-state index is -4.85. The van der Waals surface area contributed by atoms with E-state index in [-0.39, 0.29) is 12.3 Å². The molecule has 3 heterocycles. The second kappa shape index (κ2) is 8.48. The summed E-state index contributed by atoms with van der Waals surface area (Å²) in [5, 5.41) is 2.31. The molecule has 0 unspecified atom stereocenters. The summed E-state index contributed by atoms with van der Waals surface area (Å²) < 4.78 is 55.7. The van der Waals surface area contributed by atoms with Crippen molar-refractivity contribution in [3.63, 3.8) is 0 Å². The van der Waals surface area contributed by atoms with E-state index in [0.717, 1.165) is 23.3 Å². The third-order valence-electron chi connectivity index (χ3n) is 4.74. The number of hydrogen-bond acceptors (Lipinski definition) is 8. The van der Waals surface area contributed by atoms with Gasteiger partial charge in [0.25, 0.3) is 5.56 Å². The average molecular weight is 497 g/mol. The fraction of sp³-hybridized carbons (Fsp3) is 0.200. The molecule has 0 N–H and O–H groups in total. The summed E-state index contributed by atoms with van der Waals surface area (Å²) in [6.45, 7) is -0.301. The number of nitrogens with zero attached hydrogens (tertiary/aromatic N) is 3. The maximum Gasteiger partial charge on any atom is 0.431 e. The van der Waals surface area contributed by atoms with Crippen LogP contribution in [0.1, 0.15) is 5.69 Å². The maximum atomic E-state index is 13.1. The number of thiophene rings is 1. The van der Waals surface area contributed by atoms with Crippen molar-refractivity contribution in [1.82, 2.24) is 13.5 Å². The largest absolute Gasteiger partial charge is 0.480 e. The van der Waals surface area contributed by atoms with Gasteiger partial charge in [-0.15, -0.1) is 11.3 Å². The highest BCUT2D eigenvalue weighted by molar-refractivity contribution is 7.16. The zero-order valence-corrected chi connectivity index (χ0v) is 18.6. The molecule has 0 radical (unpaired) electrons. The van der Waals surface area contributed by atoms with Crippen LogP contribution in [0.4, 0.5) is 13.2 Å². The standard InChI is InChI=1S/C20H14F3N3O5S2/c1-25-14(20(21,22)23)8-15(27)26(19(25)29)10-3-4-13-11(7-10)17(24-33-13)18-12(5-6-32-18)31-9-16(28)30-2/h3-8H,9H2,1-2H3. The molecule has 0 saturated carbocycles. The molecule has 1 aromatic carbocycles. The van der Waals surface area contributed by atoms with Gasteiger partial charge in [-0.05, 0) is 41.2 Å². The summed E-state index contributed by atoms with van der Waals surface area (Å²) >= 11 is 2.47. The Hall–Kier alpha value is -3.45. The van der Waals surface area contributed by atoms with E-state index in [1.54, 1.807) is 17.5 Å². The lowest BCUT2D eigenvalue weighted by molar-refractivity contribution is -0.144. The second-order valence-corrected chi connectivity index (χ2v) is 8.45. The summed E-state index contributed by atoms with van der Waals surface area (Å²) in [6.07, 6.45) is -4.85. The molecule has 0 spiro atoms. The summed E-state index contributed by atoms with van der Waals surface area (Å²) in [5.41, 5.74) is -2.98. The third kappa shape index (κ3) is 4.16. The van der Waals surface area contributed by atoms with Crippen molar-refractivity contribution < 1.29 is 27.4 Å². The molecule has 0 bridgehead atoms. The van der Waals surface area contributed by atoms with Gasteiger partial charge in [-0.2, -0.15) is 17.5 Å². The van der Waals surface area contributed by atoms with Crippen LogP contribution in [0.5, 0.6) is 5.75 Å². The Balaban J connectivity index is 1.83. The number of hydrogen-bond donors (Lipinski definition) is 0. The molecule has 8 nitrogen and oxygen atoms in total. The van der Waals surface area contributed by atoms with E-state index in [0.29, 0.717) is 36.9 Å². The van der Waals surface area contributed by atoms with Crippen molar-refractivity contribution >= 4 is 38.9 Å². The van der Waals surface area contributed by atoms with Crippen LogP contribution in [0.25, 0.3) is 26.3 Å². The quantitative estimate of drug-likeness (QED) is 0.392. The molecular formula is C20H14F3N3O5S2. The molecule has 0 aliphatic carbocycles.